The number of rotatable bonds is 2. The number of nitrogens with zero attached hydrogens (tertiary/aromatic N) is 1. The van der Waals surface area contributed by atoms with Gasteiger partial charge < -0.3 is 4.48 Å². The summed E-state index contributed by atoms with van der Waals surface area (Å²) >= 11 is 0. The summed E-state index contributed by atoms with van der Waals surface area (Å²) in [7, 11) is 3.17. The number of hydrogen-bond acceptors (Lipinski definition) is 0. The molecule has 0 saturated carbocycles. The van der Waals surface area contributed by atoms with Gasteiger partial charge in [-0.1, -0.05) is 70.0 Å². The van der Waals surface area contributed by atoms with Crippen LogP contribution in [0.1, 0.15) is 11.1 Å². The van der Waals surface area contributed by atoms with Crippen molar-refractivity contribution in [2.24, 2.45) is 0 Å². The molecule has 2 aromatic carbocycles. The molecule has 22 heavy (non-hydrogen) atoms. The summed E-state index contributed by atoms with van der Waals surface area (Å²) in [6, 6.07) is 21.6. The van der Waals surface area contributed by atoms with Crippen molar-refractivity contribution in [1.29, 1.82) is 0 Å². The van der Waals surface area contributed by atoms with Crippen molar-refractivity contribution in [3.05, 3.63) is 59.7 Å². The number of quaternary nitrogens is 1. The molecule has 0 radical (unpaired) electrons. The van der Waals surface area contributed by atoms with Gasteiger partial charge in [-0.05, 0) is 13.8 Å². The fraction of sp³-hybridized carbons (Fsp3) is 0.400. The monoisotopic (exact) mass is 310 g/mol. The summed E-state index contributed by atoms with van der Waals surface area (Å²) in [5.74, 6) is 0. The highest BCUT2D eigenvalue weighted by Gasteiger charge is 2.43. The smallest absolute Gasteiger partial charge is 0.129 e. The molecule has 0 aromatic heterocycles. The lowest BCUT2D eigenvalue weighted by molar-refractivity contribution is -0.888. The Kier molecular flexibility index (Phi) is 4.00. The van der Waals surface area contributed by atoms with Gasteiger partial charge in [-0.25, -0.2) is 0 Å². The lowest BCUT2D eigenvalue weighted by atomic mass is 10.2. The average molecular weight is 311 g/mol. The van der Waals surface area contributed by atoms with E-state index in [-0.39, 0.29) is 0 Å². The SMILES string of the molecule is Cc1ccc([Si]2(c3ccc(C)cc3)CC[N+](C)(C)CC2)cc1. The number of aryl methyl sites for hydroxylation is 2. The van der Waals surface area contributed by atoms with Gasteiger partial charge in [-0.3, -0.25) is 0 Å². The maximum absolute atomic E-state index is 2.41. The molecule has 1 saturated heterocycles. The largest absolute Gasteiger partial charge is 0.329 e. The van der Waals surface area contributed by atoms with Gasteiger partial charge in [0.15, 0.2) is 0 Å². The van der Waals surface area contributed by atoms with Crippen LogP contribution in [-0.2, 0) is 0 Å². The van der Waals surface area contributed by atoms with Crippen LogP contribution in [0.25, 0.3) is 0 Å². The second-order valence-electron chi connectivity index (χ2n) is 7.70. The van der Waals surface area contributed by atoms with Crippen LogP contribution in [0.2, 0.25) is 12.1 Å². The number of benzene rings is 2. The standard InChI is InChI=1S/C20H28NSi/c1-17-5-9-19(10-6-17)22(15-13-21(3,4)14-16-22)20-11-7-18(2)8-12-20/h5-12H,13-16H2,1-4H3/q+1. The summed E-state index contributed by atoms with van der Waals surface area (Å²) < 4.78 is 1.17. The summed E-state index contributed by atoms with van der Waals surface area (Å²) in [5.41, 5.74) is 2.73. The summed E-state index contributed by atoms with van der Waals surface area (Å²) in [6.45, 7) is 6.97. The maximum Gasteiger partial charge on any atom is 0.129 e. The van der Waals surface area contributed by atoms with Gasteiger partial charge in [0.2, 0.25) is 0 Å². The van der Waals surface area contributed by atoms with E-state index in [4.69, 9.17) is 0 Å². The average Bonchev–Trinajstić information content (AvgIpc) is 2.50. The Morgan fingerprint density at radius 3 is 1.41 bits per heavy atom. The quantitative estimate of drug-likeness (QED) is 0.591. The molecule has 0 atom stereocenters. The van der Waals surface area contributed by atoms with Gasteiger partial charge in [0.1, 0.15) is 8.07 Å². The Bertz CT molecular complexity index is 583. The van der Waals surface area contributed by atoms with E-state index in [1.165, 1.54) is 40.8 Å². The van der Waals surface area contributed by atoms with E-state index in [0.717, 1.165) is 0 Å². The summed E-state index contributed by atoms with van der Waals surface area (Å²) in [6.07, 6.45) is 0. The molecule has 0 aliphatic carbocycles. The summed E-state index contributed by atoms with van der Waals surface area (Å²) in [5, 5.41) is 3.25. The topological polar surface area (TPSA) is 0 Å². The van der Waals surface area contributed by atoms with Crippen LogP contribution < -0.4 is 10.4 Å². The lowest BCUT2D eigenvalue weighted by Crippen LogP contribution is -2.65. The first-order valence-electron chi connectivity index (χ1n) is 8.38. The second-order valence-corrected chi connectivity index (χ2v) is 12.0. The highest BCUT2D eigenvalue weighted by atomic mass is 28.3. The molecule has 2 heteroatoms. The van der Waals surface area contributed by atoms with Gasteiger partial charge in [-0.2, -0.15) is 0 Å². The minimum Gasteiger partial charge on any atom is -0.329 e. The van der Waals surface area contributed by atoms with E-state index in [2.05, 4.69) is 76.5 Å². The Morgan fingerprint density at radius 2 is 1.05 bits per heavy atom. The molecule has 1 heterocycles. The van der Waals surface area contributed by atoms with Crippen LogP contribution in [-0.4, -0.2) is 39.7 Å². The molecule has 3 rings (SSSR count). The first-order valence-corrected chi connectivity index (χ1v) is 10.8. The Labute approximate surface area is 136 Å². The van der Waals surface area contributed by atoms with Crippen molar-refractivity contribution >= 4 is 18.4 Å². The zero-order chi connectivity index (χ0) is 15.8. The van der Waals surface area contributed by atoms with Gasteiger partial charge in [0.25, 0.3) is 0 Å². The predicted octanol–water partition coefficient (Wildman–Crippen LogP) is 2.96. The molecule has 0 unspecified atom stereocenters. The van der Waals surface area contributed by atoms with E-state index in [0.29, 0.717) is 0 Å². The van der Waals surface area contributed by atoms with Crippen molar-refractivity contribution in [2.45, 2.75) is 25.9 Å². The molecule has 2 aromatic rings. The molecule has 1 nitrogen and oxygen atoms in total. The van der Waals surface area contributed by atoms with E-state index in [9.17, 15) is 0 Å². The third kappa shape index (κ3) is 2.90. The zero-order valence-corrected chi connectivity index (χ0v) is 15.4. The van der Waals surface area contributed by atoms with Crippen molar-refractivity contribution in [3.8, 4) is 0 Å². The van der Waals surface area contributed by atoms with Crippen LogP contribution >= 0.6 is 0 Å². The fourth-order valence-electron chi connectivity index (χ4n) is 3.71. The van der Waals surface area contributed by atoms with Crippen LogP contribution in [0.15, 0.2) is 48.5 Å². The lowest BCUT2D eigenvalue weighted by Gasteiger charge is -2.44. The number of hydrogen-bond donors (Lipinski definition) is 0. The summed E-state index contributed by atoms with van der Waals surface area (Å²) in [4.78, 5) is 0. The van der Waals surface area contributed by atoms with E-state index >= 15 is 0 Å². The molecule has 1 aliphatic rings. The Balaban J connectivity index is 2.06. The predicted molar refractivity (Wildman–Crippen MR) is 98.8 cm³/mol. The molecular weight excluding hydrogens is 282 g/mol. The van der Waals surface area contributed by atoms with Crippen molar-refractivity contribution in [1.82, 2.24) is 0 Å². The second kappa shape index (κ2) is 5.67. The van der Waals surface area contributed by atoms with Gasteiger partial charge in [0.05, 0.1) is 27.2 Å². The third-order valence-corrected chi connectivity index (χ3v) is 10.5. The van der Waals surface area contributed by atoms with Gasteiger partial charge in [-0.15, -0.1) is 0 Å². The minimum atomic E-state index is -1.59. The van der Waals surface area contributed by atoms with Crippen molar-refractivity contribution in [2.75, 3.05) is 27.2 Å². The van der Waals surface area contributed by atoms with Gasteiger partial charge in [0, 0.05) is 12.1 Å². The maximum atomic E-state index is 2.41. The van der Waals surface area contributed by atoms with Crippen LogP contribution in [0, 0.1) is 13.8 Å². The Hall–Kier alpha value is -1.38. The molecule has 1 fully saturated rings. The highest BCUT2D eigenvalue weighted by molar-refractivity contribution is 7.02. The molecule has 0 spiro atoms. The van der Waals surface area contributed by atoms with Crippen molar-refractivity contribution in [3.63, 3.8) is 0 Å². The fourth-order valence-corrected chi connectivity index (χ4v) is 9.03. The molecule has 1 aliphatic heterocycles. The first kappa shape index (κ1) is 15.5. The highest BCUT2D eigenvalue weighted by Crippen LogP contribution is 2.25. The minimum absolute atomic E-state index is 1.17. The van der Waals surface area contributed by atoms with Gasteiger partial charge >= 0.3 is 0 Å². The molecular formula is C20H28NSi+. The Morgan fingerprint density at radius 1 is 0.682 bits per heavy atom. The zero-order valence-electron chi connectivity index (χ0n) is 14.4. The van der Waals surface area contributed by atoms with Crippen LogP contribution in [0.5, 0.6) is 0 Å². The van der Waals surface area contributed by atoms with E-state index in [1.54, 1.807) is 10.4 Å². The molecule has 0 amide bonds. The third-order valence-electron chi connectivity index (χ3n) is 5.50. The van der Waals surface area contributed by atoms with Crippen molar-refractivity contribution < 1.29 is 4.48 Å². The van der Waals surface area contributed by atoms with Crippen LogP contribution in [0.4, 0.5) is 0 Å². The van der Waals surface area contributed by atoms with E-state index < -0.39 is 8.07 Å². The normalized spacial score (nSPS) is 19.8. The molecule has 0 bridgehead atoms. The first-order chi connectivity index (χ1) is 10.4. The van der Waals surface area contributed by atoms with E-state index in [1.807, 2.05) is 0 Å². The van der Waals surface area contributed by atoms with Crippen LogP contribution in [0.3, 0.4) is 0 Å². The molecule has 0 N–H and O–H groups in total. The molecule has 116 valence electrons.